The molecular weight excluding hydrogens is 364 g/mol. The van der Waals surface area contributed by atoms with Gasteiger partial charge in [-0.15, -0.1) is 0 Å². The summed E-state index contributed by atoms with van der Waals surface area (Å²) in [6.07, 6.45) is 3.42. The summed E-state index contributed by atoms with van der Waals surface area (Å²) in [5, 5.41) is 19.8. The number of pyridine rings is 1. The zero-order chi connectivity index (χ0) is 20.5. The number of benzene rings is 1. The molecule has 5 nitrogen and oxygen atoms in total. The molecule has 0 spiro atoms. The molecule has 1 saturated carbocycles. The fourth-order valence-corrected chi connectivity index (χ4v) is 5.18. The van der Waals surface area contributed by atoms with E-state index in [1.807, 2.05) is 49.5 Å². The van der Waals surface area contributed by atoms with Crippen molar-refractivity contribution in [3.05, 3.63) is 53.9 Å². The summed E-state index contributed by atoms with van der Waals surface area (Å²) in [5.74, 6) is 0.194. The van der Waals surface area contributed by atoms with Crippen LogP contribution in [0.2, 0.25) is 0 Å². The molecule has 0 amide bonds. The van der Waals surface area contributed by atoms with Gasteiger partial charge < -0.3 is 9.84 Å². The van der Waals surface area contributed by atoms with Gasteiger partial charge in [0.1, 0.15) is 6.10 Å². The predicted octanol–water partition coefficient (Wildman–Crippen LogP) is 3.75. The molecular formula is C24H26N2O3. The number of aromatic nitrogens is 1. The maximum absolute atomic E-state index is 12.1. The molecule has 1 aliphatic heterocycles. The number of hydrogen-bond donors (Lipinski definition) is 1. The molecule has 1 N–H and O–H groups in total. The number of carbonyl (C=O) groups excluding carboxylic acids is 1. The summed E-state index contributed by atoms with van der Waals surface area (Å²) in [6.45, 7) is 4.05. The molecule has 29 heavy (non-hydrogen) atoms. The number of hydrogen-bond acceptors (Lipinski definition) is 5. The van der Waals surface area contributed by atoms with Crippen molar-refractivity contribution in [3.63, 3.8) is 0 Å². The lowest BCUT2D eigenvalue weighted by Gasteiger charge is -2.41. The minimum atomic E-state index is -0.461. The lowest BCUT2D eigenvalue weighted by molar-refractivity contribution is -0.144. The van der Waals surface area contributed by atoms with Crippen LogP contribution in [-0.2, 0) is 16.0 Å². The Balaban J connectivity index is 1.48. The fraction of sp³-hybridized carbons (Fsp3) is 0.458. The maximum Gasteiger partial charge on any atom is 0.309 e. The molecule has 150 valence electrons. The Morgan fingerprint density at radius 2 is 2.03 bits per heavy atom. The third-order valence-electron chi connectivity index (χ3n) is 6.80. The van der Waals surface area contributed by atoms with Crippen LogP contribution in [0.1, 0.15) is 37.9 Å². The standard InChI is InChI=1S/C24H26N2O3/c1-14-19(23-15(2)29-24(28)21(23)11-22(14)27)10-9-18-8-7-17(13-26-18)20-6-4-3-5-16(20)12-25/h3-8,13-15,19,21-23,27H,9-11H2,1-2H3/t14-,15+,19-,21+,22+,23-/m0/s1. The van der Waals surface area contributed by atoms with Gasteiger partial charge in [0.05, 0.1) is 23.7 Å². The van der Waals surface area contributed by atoms with Crippen molar-refractivity contribution >= 4 is 5.97 Å². The monoisotopic (exact) mass is 390 g/mol. The number of nitrogens with zero attached hydrogens (tertiary/aromatic N) is 2. The fourth-order valence-electron chi connectivity index (χ4n) is 5.18. The maximum atomic E-state index is 12.1. The highest BCUT2D eigenvalue weighted by Gasteiger charge is 2.52. The molecule has 1 aromatic carbocycles. The number of aryl methyl sites for hydroxylation is 1. The Labute approximate surface area is 171 Å². The van der Waals surface area contributed by atoms with Crippen LogP contribution in [0, 0.1) is 35.0 Å². The van der Waals surface area contributed by atoms with E-state index in [1.165, 1.54) is 0 Å². The first-order chi connectivity index (χ1) is 14.0. The van der Waals surface area contributed by atoms with Gasteiger partial charge in [-0.3, -0.25) is 9.78 Å². The highest BCUT2D eigenvalue weighted by Crippen LogP contribution is 2.47. The normalized spacial score (nSPS) is 31.0. The van der Waals surface area contributed by atoms with Crippen molar-refractivity contribution < 1.29 is 14.6 Å². The van der Waals surface area contributed by atoms with Gasteiger partial charge in [-0.05, 0) is 50.2 Å². The lowest BCUT2D eigenvalue weighted by atomic mass is 9.63. The van der Waals surface area contributed by atoms with E-state index in [0.717, 1.165) is 29.7 Å². The number of nitriles is 1. The Hall–Kier alpha value is -2.71. The summed E-state index contributed by atoms with van der Waals surface area (Å²) >= 11 is 0. The minimum absolute atomic E-state index is 0.0923. The zero-order valence-electron chi connectivity index (χ0n) is 16.8. The van der Waals surface area contributed by atoms with E-state index in [-0.39, 0.29) is 35.7 Å². The Bertz CT molecular complexity index is 934. The van der Waals surface area contributed by atoms with Gasteiger partial charge in [-0.25, -0.2) is 0 Å². The highest BCUT2D eigenvalue weighted by molar-refractivity contribution is 5.75. The average Bonchev–Trinajstić information content (AvgIpc) is 3.01. The number of aliphatic hydroxyl groups is 1. The van der Waals surface area contributed by atoms with Gasteiger partial charge in [0, 0.05) is 28.9 Å². The first-order valence-corrected chi connectivity index (χ1v) is 10.3. The molecule has 6 atom stereocenters. The molecule has 1 saturated heterocycles. The molecule has 0 bridgehead atoms. The van der Waals surface area contributed by atoms with Crippen molar-refractivity contribution in [2.45, 2.75) is 45.3 Å². The van der Waals surface area contributed by atoms with Crippen LogP contribution >= 0.6 is 0 Å². The molecule has 1 aliphatic carbocycles. The lowest BCUT2D eigenvalue weighted by Crippen LogP contribution is -2.43. The Morgan fingerprint density at radius 3 is 2.76 bits per heavy atom. The second-order valence-electron chi connectivity index (χ2n) is 8.39. The number of esters is 1. The smallest absolute Gasteiger partial charge is 0.309 e. The van der Waals surface area contributed by atoms with E-state index in [2.05, 4.69) is 18.0 Å². The van der Waals surface area contributed by atoms with Gasteiger partial charge >= 0.3 is 5.97 Å². The van der Waals surface area contributed by atoms with Gasteiger partial charge in [0.15, 0.2) is 0 Å². The molecule has 2 aliphatic rings. The number of rotatable bonds is 4. The molecule has 2 fully saturated rings. The molecule has 4 rings (SSSR count). The first-order valence-electron chi connectivity index (χ1n) is 10.3. The third kappa shape index (κ3) is 3.65. The summed E-state index contributed by atoms with van der Waals surface area (Å²) in [6, 6.07) is 13.7. The predicted molar refractivity (Wildman–Crippen MR) is 109 cm³/mol. The van der Waals surface area contributed by atoms with Crippen LogP contribution in [0.25, 0.3) is 11.1 Å². The Morgan fingerprint density at radius 1 is 1.24 bits per heavy atom. The quantitative estimate of drug-likeness (QED) is 0.804. The minimum Gasteiger partial charge on any atom is -0.462 e. The number of ether oxygens (including phenoxy) is 1. The summed E-state index contributed by atoms with van der Waals surface area (Å²) in [4.78, 5) is 16.8. The average molecular weight is 390 g/mol. The molecule has 2 heterocycles. The van der Waals surface area contributed by atoms with E-state index in [4.69, 9.17) is 4.74 Å². The van der Waals surface area contributed by atoms with Crippen LogP contribution < -0.4 is 0 Å². The van der Waals surface area contributed by atoms with Crippen molar-refractivity contribution in [1.29, 1.82) is 5.26 Å². The van der Waals surface area contributed by atoms with Gasteiger partial charge in [0.25, 0.3) is 0 Å². The van der Waals surface area contributed by atoms with E-state index in [0.29, 0.717) is 12.0 Å². The molecule has 1 aromatic heterocycles. The van der Waals surface area contributed by atoms with E-state index < -0.39 is 6.10 Å². The van der Waals surface area contributed by atoms with Crippen LogP contribution in [0.5, 0.6) is 0 Å². The largest absolute Gasteiger partial charge is 0.462 e. The van der Waals surface area contributed by atoms with Crippen LogP contribution in [0.3, 0.4) is 0 Å². The van der Waals surface area contributed by atoms with Crippen LogP contribution in [0.15, 0.2) is 42.6 Å². The molecule has 0 unspecified atom stereocenters. The number of fused-ring (bicyclic) bond motifs is 1. The number of aliphatic hydroxyl groups excluding tert-OH is 1. The van der Waals surface area contributed by atoms with Crippen LogP contribution in [-0.4, -0.2) is 28.3 Å². The van der Waals surface area contributed by atoms with E-state index in [9.17, 15) is 15.2 Å². The number of cyclic esters (lactones) is 1. The van der Waals surface area contributed by atoms with Gasteiger partial charge in [0.2, 0.25) is 0 Å². The molecule has 5 heteroatoms. The van der Waals surface area contributed by atoms with Crippen LogP contribution in [0.4, 0.5) is 0 Å². The van der Waals surface area contributed by atoms with Gasteiger partial charge in [-0.2, -0.15) is 5.26 Å². The van der Waals surface area contributed by atoms with Crippen molar-refractivity contribution in [3.8, 4) is 17.2 Å². The first kappa shape index (κ1) is 19.6. The van der Waals surface area contributed by atoms with E-state index >= 15 is 0 Å². The van der Waals surface area contributed by atoms with Crippen molar-refractivity contribution in [2.24, 2.45) is 23.7 Å². The van der Waals surface area contributed by atoms with E-state index in [1.54, 1.807) is 0 Å². The SMILES string of the molecule is C[C@H]1[C@H](CCc2ccc(-c3ccccc3C#N)cn2)[C@@H]2[C@@H](C)OC(=O)[C@@H]2C[C@H]1O. The van der Waals surface area contributed by atoms with Gasteiger partial charge in [-0.1, -0.05) is 31.2 Å². The topological polar surface area (TPSA) is 83.2 Å². The second kappa shape index (κ2) is 7.96. The summed E-state index contributed by atoms with van der Waals surface area (Å²) < 4.78 is 5.48. The summed E-state index contributed by atoms with van der Waals surface area (Å²) in [5.41, 5.74) is 3.43. The van der Waals surface area contributed by atoms with Crippen molar-refractivity contribution in [1.82, 2.24) is 4.98 Å². The zero-order valence-corrected chi connectivity index (χ0v) is 16.8. The second-order valence-corrected chi connectivity index (χ2v) is 8.39. The number of carbonyl (C=O) groups is 1. The summed E-state index contributed by atoms with van der Waals surface area (Å²) in [7, 11) is 0. The highest BCUT2D eigenvalue weighted by atomic mass is 16.6. The van der Waals surface area contributed by atoms with Crippen molar-refractivity contribution in [2.75, 3.05) is 0 Å². The third-order valence-corrected chi connectivity index (χ3v) is 6.80. The molecule has 2 aromatic rings. The Kier molecular flexibility index (Phi) is 5.38. The molecule has 0 radical (unpaired) electrons.